The predicted octanol–water partition coefficient (Wildman–Crippen LogP) is 6.77. The Hall–Kier alpha value is -4.55. The molecule has 0 saturated carbocycles. The van der Waals surface area contributed by atoms with E-state index in [2.05, 4.69) is 34.1 Å². The largest absolute Gasteiger partial charge is 0.368 e. The first-order chi connectivity index (χ1) is 20.5. The third kappa shape index (κ3) is 4.43. The summed E-state index contributed by atoms with van der Waals surface area (Å²) < 4.78 is 0. The maximum atomic E-state index is 14.1. The van der Waals surface area contributed by atoms with Crippen LogP contribution in [-0.4, -0.2) is 58.8 Å². The van der Waals surface area contributed by atoms with Gasteiger partial charge in [-0.05, 0) is 48.4 Å². The summed E-state index contributed by atoms with van der Waals surface area (Å²) >= 11 is 6.22. The van der Waals surface area contributed by atoms with Crippen molar-refractivity contribution in [1.29, 1.82) is 0 Å². The average molecular weight is 575 g/mol. The topological polar surface area (TPSA) is 59.7 Å². The number of hydrogen-bond acceptors (Lipinski definition) is 3. The highest BCUT2D eigenvalue weighted by Gasteiger charge is 2.45. The first-order valence-electron chi connectivity index (χ1n) is 14.4. The van der Waals surface area contributed by atoms with Crippen LogP contribution in [0.5, 0.6) is 0 Å². The fourth-order valence-corrected chi connectivity index (χ4v) is 6.74. The van der Waals surface area contributed by atoms with Gasteiger partial charge in [-0.25, -0.2) is 0 Å². The van der Waals surface area contributed by atoms with Gasteiger partial charge in [0.15, 0.2) is 0 Å². The van der Waals surface area contributed by atoms with E-state index < -0.39 is 12.1 Å². The zero-order valence-electron chi connectivity index (χ0n) is 23.3. The Balaban J connectivity index is 1.25. The van der Waals surface area contributed by atoms with Gasteiger partial charge in [0.05, 0.1) is 11.7 Å². The fourth-order valence-electron chi connectivity index (χ4n) is 6.55. The lowest BCUT2D eigenvalue weighted by atomic mass is 9.92. The SMILES string of the molecule is CC(C(=O)N1CCN(c2cccc(Cl)c2)CC1)N1C(=O)c2ccccc2C1c1c(-c2ccccc2)[nH]c2ccccc12. The molecule has 42 heavy (non-hydrogen) atoms. The molecule has 4 aromatic carbocycles. The molecule has 2 aliphatic heterocycles. The van der Waals surface area contributed by atoms with Crippen molar-refractivity contribution < 1.29 is 9.59 Å². The molecule has 1 N–H and O–H groups in total. The number of piperazine rings is 1. The smallest absolute Gasteiger partial charge is 0.255 e. The summed E-state index contributed by atoms with van der Waals surface area (Å²) in [5.41, 5.74) is 6.65. The monoisotopic (exact) mass is 574 g/mol. The molecule has 6 nitrogen and oxygen atoms in total. The summed E-state index contributed by atoms with van der Waals surface area (Å²) in [6.07, 6.45) is 0. The molecule has 2 unspecified atom stereocenters. The van der Waals surface area contributed by atoms with Gasteiger partial charge in [-0.15, -0.1) is 0 Å². The molecule has 210 valence electrons. The van der Waals surface area contributed by atoms with Crippen molar-refractivity contribution in [3.05, 3.63) is 125 Å². The number of aromatic nitrogens is 1. The number of rotatable bonds is 5. The number of benzene rings is 4. The summed E-state index contributed by atoms with van der Waals surface area (Å²) in [6, 6.07) is 32.9. The number of aromatic amines is 1. The van der Waals surface area contributed by atoms with E-state index in [4.69, 9.17) is 11.6 Å². The minimum atomic E-state index is -0.648. The van der Waals surface area contributed by atoms with Crippen molar-refractivity contribution in [3.63, 3.8) is 0 Å². The number of nitrogens with one attached hydrogen (secondary N) is 1. The van der Waals surface area contributed by atoms with E-state index in [9.17, 15) is 9.59 Å². The lowest BCUT2D eigenvalue weighted by molar-refractivity contribution is -0.136. The number of hydrogen-bond donors (Lipinski definition) is 1. The standard InChI is InChI=1S/C35H31ClN4O2/c1-23(34(41)39-20-18-38(19-21-39)26-13-9-12-25(36)22-26)40-33(27-14-5-6-15-28(27)35(40)42)31-29-16-7-8-17-30(29)37-32(31)24-10-3-2-4-11-24/h2-17,22-23,33,37H,18-21H2,1H3. The predicted molar refractivity (Wildman–Crippen MR) is 168 cm³/mol. The summed E-state index contributed by atoms with van der Waals surface area (Å²) in [7, 11) is 0. The molecule has 2 atom stereocenters. The van der Waals surface area contributed by atoms with Crippen LogP contribution in [0.2, 0.25) is 5.02 Å². The number of carbonyl (C=O) groups excluding carboxylic acids is 2. The van der Waals surface area contributed by atoms with Gasteiger partial charge < -0.3 is 19.7 Å². The third-order valence-electron chi connectivity index (χ3n) is 8.62. The third-order valence-corrected chi connectivity index (χ3v) is 8.86. The van der Waals surface area contributed by atoms with Gasteiger partial charge in [-0.1, -0.05) is 84.4 Å². The van der Waals surface area contributed by atoms with Crippen LogP contribution in [0.4, 0.5) is 5.69 Å². The van der Waals surface area contributed by atoms with Crippen LogP contribution >= 0.6 is 11.6 Å². The van der Waals surface area contributed by atoms with Gasteiger partial charge in [0.25, 0.3) is 5.91 Å². The zero-order valence-corrected chi connectivity index (χ0v) is 24.1. The maximum Gasteiger partial charge on any atom is 0.255 e. The Kier molecular flexibility index (Phi) is 6.71. The molecule has 0 spiro atoms. The van der Waals surface area contributed by atoms with Crippen LogP contribution in [0.25, 0.3) is 22.2 Å². The van der Waals surface area contributed by atoms with E-state index in [0.29, 0.717) is 36.8 Å². The molecule has 5 aromatic rings. The lowest BCUT2D eigenvalue weighted by Crippen LogP contribution is -2.55. The zero-order chi connectivity index (χ0) is 28.8. The Morgan fingerprint density at radius 1 is 0.857 bits per heavy atom. The van der Waals surface area contributed by atoms with Crippen LogP contribution in [0, 0.1) is 0 Å². The fraction of sp³-hybridized carbons (Fsp3) is 0.200. The second kappa shape index (κ2) is 10.7. The van der Waals surface area contributed by atoms with Crippen molar-refractivity contribution in [1.82, 2.24) is 14.8 Å². The quantitative estimate of drug-likeness (QED) is 0.252. The van der Waals surface area contributed by atoms with E-state index in [0.717, 1.165) is 39.0 Å². The van der Waals surface area contributed by atoms with E-state index >= 15 is 0 Å². The normalized spacial score (nSPS) is 17.5. The molecule has 0 bridgehead atoms. The Bertz CT molecular complexity index is 1790. The van der Waals surface area contributed by atoms with Crippen molar-refractivity contribution in [2.75, 3.05) is 31.1 Å². The van der Waals surface area contributed by atoms with Crippen molar-refractivity contribution in [2.24, 2.45) is 0 Å². The van der Waals surface area contributed by atoms with Gasteiger partial charge >= 0.3 is 0 Å². The van der Waals surface area contributed by atoms with Crippen LogP contribution in [0.1, 0.15) is 34.5 Å². The molecule has 7 heteroatoms. The highest BCUT2D eigenvalue weighted by molar-refractivity contribution is 6.30. The number of para-hydroxylation sites is 1. The van der Waals surface area contributed by atoms with E-state index in [1.54, 1.807) is 4.90 Å². The van der Waals surface area contributed by atoms with Gasteiger partial charge in [0.2, 0.25) is 5.91 Å². The van der Waals surface area contributed by atoms with Crippen molar-refractivity contribution in [3.8, 4) is 11.3 Å². The summed E-state index contributed by atoms with van der Waals surface area (Å²) in [4.78, 5) is 37.8. The molecule has 3 heterocycles. The molecule has 1 saturated heterocycles. The van der Waals surface area contributed by atoms with Gasteiger partial charge in [0, 0.05) is 58.9 Å². The van der Waals surface area contributed by atoms with Gasteiger partial charge in [-0.3, -0.25) is 9.59 Å². The minimum Gasteiger partial charge on any atom is -0.368 e. The van der Waals surface area contributed by atoms with Crippen LogP contribution < -0.4 is 4.90 Å². The van der Waals surface area contributed by atoms with E-state index in [1.165, 1.54) is 0 Å². The molecule has 1 aromatic heterocycles. The molecule has 0 aliphatic carbocycles. The van der Waals surface area contributed by atoms with E-state index in [1.807, 2.05) is 90.7 Å². The van der Waals surface area contributed by atoms with Gasteiger partial charge in [0.1, 0.15) is 6.04 Å². The number of anilines is 1. The van der Waals surface area contributed by atoms with Crippen molar-refractivity contribution in [2.45, 2.75) is 19.0 Å². The Labute approximate surface area is 250 Å². The number of amides is 2. The average Bonchev–Trinajstić information content (AvgIpc) is 3.56. The molecular formula is C35H31ClN4O2. The highest BCUT2D eigenvalue weighted by atomic mass is 35.5. The number of H-pyrrole nitrogens is 1. The second-order valence-electron chi connectivity index (χ2n) is 11.0. The highest BCUT2D eigenvalue weighted by Crippen LogP contribution is 2.46. The molecule has 0 radical (unpaired) electrons. The Morgan fingerprint density at radius 3 is 2.36 bits per heavy atom. The summed E-state index contributed by atoms with van der Waals surface area (Å²) in [5, 5.41) is 1.75. The molecule has 7 rings (SSSR count). The number of nitrogens with zero attached hydrogens (tertiary/aromatic N) is 3. The number of fused-ring (bicyclic) bond motifs is 2. The molecule has 2 amide bonds. The van der Waals surface area contributed by atoms with Crippen LogP contribution in [-0.2, 0) is 4.79 Å². The van der Waals surface area contributed by atoms with Crippen LogP contribution in [0.3, 0.4) is 0 Å². The first-order valence-corrected chi connectivity index (χ1v) is 14.8. The first kappa shape index (κ1) is 26.4. The van der Waals surface area contributed by atoms with E-state index in [-0.39, 0.29) is 11.8 Å². The second-order valence-corrected chi connectivity index (χ2v) is 11.4. The molecular weight excluding hydrogens is 544 g/mol. The minimum absolute atomic E-state index is 0.0343. The van der Waals surface area contributed by atoms with Gasteiger partial charge in [-0.2, -0.15) is 0 Å². The summed E-state index contributed by atoms with van der Waals surface area (Å²) in [5.74, 6) is -0.147. The van der Waals surface area contributed by atoms with Crippen LogP contribution in [0.15, 0.2) is 103 Å². The number of carbonyl (C=O) groups is 2. The number of halogens is 1. The maximum absolute atomic E-state index is 14.1. The summed E-state index contributed by atoms with van der Waals surface area (Å²) in [6.45, 7) is 4.45. The Morgan fingerprint density at radius 2 is 1.57 bits per heavy atom. The molecule has 2 aliphatic rings. The lowest BCUT2D eigenvalue weighted by Gasteiger charge is -2.39. The molecule has 1 fully saturated rings. The van der Waals surface area contributed by atoms with Crippen molar-refractivity contribution >= 4 is 40.0 Å².